The number of amides is 2. The van der Waals surface area contributed by atoms with Crippen molar-refractivity contribution in [2.24, 2.45) is 0 Å². The summed E-state index contributed by atoms with van der Waals surface area (Å²) in [4.78, 5) is 19.4. The predicted molar refractivity (Wildman–Crippen MR) is 124 cm³/mol. The molecular formula is C25H24ClN3O2. The van der Waals surface area contributed by atoms with Gasteiger partial charge in [-0.05, 0) is 68.3 Å². The molecule has 2 aromatic heterocycles. The lowest BCUT2D eigenvalue weighted by molar-refractivity contribution is 0.201. The molecule has 2 aromatic carbocycles. The molecule has 0 unspecified atom stereocenters. The number of furan rings is 1. The number of rotatable bonds is 5. The normalized spacial score (nSPS) is 11.0. The van der Waals surface area contributed by atoms with E-state index >= 15 is 0 Å². The van der Waals surface area contributed by atoms with E-state index in [1.54, 1.807) is 11.2 Å². The number of carbonyl (C=O) groups is 1. The summed E-state index contributed by atoms with van der Waals surface area (Å²) in [5, 5.41) is 4.38. The largest absolute Gasteiger partial charge is 0.467 e. The number of pyridine rings is 1. The Morgan fingerprint density at radius 1 is 1.03 bits per heavy atom. The summed E-state index contributed by atoms with van der Waals surface area (Å²) >= 11 is 6.53. The Balaban J connectivity index is 1.65. The molecule has 0 fully saturated rings. The van der Waals surface area contributed by atoms with Crippen molar-refractivity contribution in [3.8, 4) is 0 Å². The molecule has 31 heavy (non-hydrogen) atoms. The second kappa shape index (κ2) is 8.82. The number of benzene rings is 2. The van der Waals surface area contributed by atoms with Crippen molar-refractivity contribution < 1.29 is 9.21 Å². The van der Waals surface area contributed by atoms with Gasteiger partial charge in [0.05, 0.1) is 24.9 Å². The number of halogens is 1. The number of aryl methyl sites for hydroxylation is 3. The van der Waals surface area contributed by atoms with Gasteiger partial charge in [-0.1, -0.05) is 35.4 Å². The molecule has 6 heteroatoms. The minimum absolute atomic E-state index is 0.237. The highest BCUT2D eigenvalue weighted by Gasteiger charge is 2.19. The third-order valence-corrected chi connectivity index (χ3v) is 5.45. The quantitative estimate of drug-likeness (QED) is 0.359. The molecule has 5 nitrogen and oxygen atoms in total. The number of carbonyl (C=O) groups excluding carboxylic acids is 1. The molecule has 0 radical (unpaired) electrons. The fourth-order valence-corrected chi connectivity index (χ4v) is 3.90. The molecule has 0 aliphatic heterocycles. The number of fused-ring (bicyclic) bond motifs is 1. The van der Waals surface area contributed by atoms with Crippen molar-refractivity contribution in [2.75, 3.05) is 5.32 Å². The second-order valence-corrected chi connectivity index (χ2v) is 8.18. The lowest BCUT2D eigenvalue weighted by Crippen LogP contribution is -2.34. The molecular weight excluding hydrogens is 410 g/mol. The van der Waals surface area contributed by atoms with Gasteiger partial charge in [-0.25, -0.2) is 9.78 Å². The fourth-order valence-electron chi connectivity index (χ4n) is 3.70. The van der Waals surface area contributed by atoms with Gasteiger partial charge in [0.25, 0.3) is 0 Å². The maximum absolute atomic E-state index is 13.1. The van der Waals surface area contributed by atoms with Crippen molar-refractivity contribution in [2.45, 2.75) is 33.9 Å². The molecule has 0 spiro atoms. The number of hydrogen-bond acceptors (Lipinski definition) is 3. The van der Waals surface area contributed by atoms with E-state index in [1.165, 1.54) is 0 Å². The van der Waals surface area contributed by atoms with Gasteiger partial charge in [-0.2, -0.15) is 0 Å². The molecule has 1 N–H and O–H groups in total. The maximum atomic E-state index is 13.1. The maximum Gasteiger partial charge on any atom is 0.322 e. The predicted octanol–water partition coefficient (Wildman–Crippen LogP) is 6.64. The van der Waals surface area contributed by atoms with E-state index in [4.69, 9.17) is 16.0 Å². The van der Waals surface area contributed by atoms with Crippen molar-refractivity contribution in [3.05, 3.63) is 94.0 Å². The third kappa shape index (κ3) is 4.89. The van der Waals surface area contributed by atoms with Gasteiger partial charge in [-0.15, -0.1) is 0 Å². The molecule has 2 amide bonds. The molecule has 0 aliphatic carbocycles. The molecule has 0 atom stereocenters. The number of aromatic nitrogens is 1. The third-order valence-electron chi connectivity index (χ3n) is 5.12. The summed E-state index contributed by atoms with van der Waals surface area (Å²) in [5.74, 6) is 0.691. The van der Waals surface area contributed by atoms with E-state index in [0.717, 1.165) is 38.8 Å². The zero-order chi connectivity index (χ0) is 22.0. The molecule has 0 bridgehead atoms. The Bertz CT molecular complexity index is 1240. The van der Waals surface area contributed by atoms with Gasteiger partial charge >= 0.3 is 6.03 Å². The number of urea groups is 1. The number of anilines is 1. The lowest BCUT2D eigenvalue weighted by atomic mass is 10.1. The number of nitrogens with zero attached hydrogens (tertiary/aromatic N) is 2. The van der Waals surface area contributed by atoms with Crippen LogP contribution in [0.3, 0.4) is 0 Å². The van der Waals surface area contributed by atoms with Gasteiger partial charge in [0.1, 0.15) is 10.9 Å². The average molecular weight is 434 g/mol. The van der Waals surface area contributed by atoms with Crippen LogP contribution in [0.25, 0.3) is 10.9 Å². The van der Waals surface area contributed by atoms with Crippen LogP contribution in [0.15, 0.2) is 65.3 Å². The van der Waals surface area contributed by atoms with Gasteiger partial charge in [0.2, 0.25) is 0 Å². The molecule has 4 rings (SSSR count). The minimum Gasteiger partial charge on any atom is -0.467 e. The Labute approximate surface area is 186 Å². The lowest BCUT2D eigenvalue weighted by Gasteiger charge is -2.23. The van der Waals surface area contributed by atoms with Crippen LogP contribution in [0.1, 0.15) is 28.0 Å². The van der Waals surface area contributed by atoms with Gasteiger partial charge in [0, 0.05) is 16.6 Å². The highest BCUT2D eigenvalue weighted by atomic mass is 35.5. The summed E-state index contributed by atoms with van der Waals surface area (Å²) in [6.45, 7) is 6.68. The second-order valence-electron chi connectivity index (χ2n) is 7.83. The van der Waals surface area contributed by atoms with E-state index in [-0.39, 0.29) is 6.03 Å². The molecule has 0 saturated heterocycles. The zero-order valence-corrected chi connectivity index (χ0v) is 18.5. The van der Waals surface area contributed by atoms with Crippen LogP contribution in [0, 0.1) is 20.8 Å². The van der Waals surface area contributed by atoms with E-state index in [2.05, 4.69) is 29.4 Å². The summed E-state index contributed by atoms with van der Waals surface area (Å²) in [7, 11) is 0. The number of hydrogen-bond donors (Lipinski definition) is 1. The molecule has 2 heterocycles. The highest BCUT2D eigenvalue weighted by Crippen LogP contribution is 2.26. The van der Waals surface area contributed by atoms with Crippen LogP contribution in [-0.4, -0.2) is 15.9 Å². The summed E-state index contributed by atoms with van der Waals surface area (Å²) in [6, 6.07) is 17.3. The monoisotopic (exact) mass is 433 g/mol. The zero-order valence-electron chi connectivity index (χ0n) is 17.8. The fraction of sp³-hybridized carbons (Fsp3) is 0.200. The van der Waals surface area contributed by atoms with E-state index < -0.39 is 0 Å². The SMILES string of the molecule is Cc1cccc(NC(=O)N(Cc2ccco2)Cc2cc3cc(C)cc(C)c3nc2Cl)c1. The Kier molecular flexibility index (Phi) is 5.96. The molecule has 158 valence electrons. The topological polar surface area (TPSA) is 58.4 Å². The van der Waals surface area contributed by atoms with Crippen LogP contribution < -0.4 is 5.32 Å². The van der Waals surface area contributed by atoms with Gasteiger partial charge < -0.3 is 14.6 Å². The first-order valence-corrected chi connectivity index (χ1v) is 10.5. The summed E-state index contributed by atoms with van der Waals surface area (Å²) in [6.07, 6.45) is 1.60. The van der Waals surface area contributed by atoms with Crippen molar-refractivity contribution >= 4 is 34.2 Å². The van der Waals surface area contributed by atoms with Crippen molar-refractivity contribution in [1.29, 1.82) is 0 Å². The van der Waals surface area contributed by atoms with E-state index in [1.807, 2.05) is 56.3 Å². The van der Waals surface area contributed by atoms with E-state index in [9.17, 15) is 4.79 Å². The minimum atomic E-state index is -0.237. The smallest absolute Gasteiger partial charge is 0.322 e. The number of nitrogens with one attached hydrogen (secondary N) is 1. The molecule has 4 aromatic rings. The standard InChI is InChI=1S/C25H24ClN3O2/c1-16-6-4-7-21(12-16)27-25(30)29(15-22-8-5-9-31-22)14-20-13-19-11-17(2)10-18(3)23(19)28-24(20)26/h4-13H,14-15H2,1-3H3,(H,27,30). The first-order valence-electron chi connectivity index (χ1n) is 10.1. The summed E-state index contributed by atoms with van der Waals surface area (Å²) < 4.78 is 5.48. The van der Waals surface area contributed by atoms with Crippen LogP contribution >= 0.6 is 11.6 Å². The Morgan fingerprint density at radius 2 is 1.87 bits per heavy atom. The summed E-state index contributed by atoms with van der Waals surface area (Å²) in [5.41, 5.74) is 5.70. The first-order chi connectivity index (χ1) is 14.9. The van der Waals surface area contributed by atoms with Crippen LogP contribution in [0.2, 0.25) is 5.15 Å². The molecule has 0 aliphatic rings. The Morgan fingerprint density at radius 3 is 2.61 bits per heavy atom. The van der Waals surface area contributed by atoms with E-state index in [0.29, 0.717) is 24.0 Å². The Hall–Kier alpha value is -3.31. The highest BCUT2D eigenvalue weighted by molar-refractivity contribution is 6.30. The van der Waals surface area contributed by atoms with Gasteiger partial charge in [-0.3, -0.25) is 0 Å². The molecule has 0 saturated carbocycles. The van der Waals surface area contributed by atoms with Crippen LogP contribution in [0.5, 0.6) is 0 Å². The van der Waals surface area contributed by atoms with Crippen LogP contribution in [-0.2, 0) is 13.1 Å². The van der Waals surface area contributed by atoms with Crippen molar-refractivity contribution in [1.82, 2.24) is 9.88 Å². The van der Waals surface area contributed by atoms with Crippen molar-refractivity contribution in [3.63, 3.8) is 0 Å². The van der Waals surface area contributed by atoms with Crippen LogP contribution in [0.4, 0.5) is 10.5 Å². The average Bonchev–Trinajstić information content (AvgIpc) is 3.22. The van der Waals surface area contributed by atoms with Gasteiger partial charge in [0.15, 0.2) is 0 Å². The first kappa shape index (κ1) is 20.9.